The van der Waals surface area contributed by atoms with E-state index in [0.717, 1.165) is 6.42 Å². The van der Waals surface area contributed by atoms with Crippen molar-refractivity contribution in [3.8, 4) is 0 Å². The zero-order valence-corrected chi connectivity index (χ0v) is 11.4. The lowest BCUT2D eigenvalue weighted by Crippen LogP contribution is -2.24. The van der Waals surface area contributed by atoms with Crippen molar-refractivity contribution in [2.75, 3.05) is 5.32 Å². The third kappa shape index (κ3) is 4.73. The van der Waals surface area contributed by atoms with Gasteiger partial charge in [-0.3, -0.25) is 0 Å². The van der Waals surface area contributed by atoms with Crippen LogP contribution in [0.1, 0.15) is 46.9 Å². The Morgan fingerprint density at radius 2 is 1.88 bits per heavy atom. The topological polar surface area (TPSA) is 63.0 Å². The summed E-state index contributed by atoms with van der Waals surface area (Å²) in [6.07, 6.45) is 1.04. The maximum atomic E-state index is 5.52. The van der Waals surface area contributed by atoms with Gasteiger partial charge in [0, 0.05) is 12.1 Å². The lowest BCUT2D eigenvalue weighted by atomic mass is 10.0. The van der Waals surface area contributed by atoms with Crippen molar-refractivity contribution in [1.82, 2.24) is 15.5 Å². The fourth-order valence-corrected chi connectivity index (χ4v) is 1.57. The van der Waals surface area contributed by atoms with E-state index in [2.05, 4.69) is 55.4 Å². The quantitative estimate of drug-likeness (QED) is 0.766. The van der Waals surface area contributed by atoms with Gasteiger partial charge in [0.05, 0.1) is 6.54 Å². The Kier molecular flexibility index (Phi) is 5.41. The molecule has 0 saturated heterocycles. The Hall–Kier alpha value is -1.10. The van der Waals surface area contributed by atoms with Crippen LogP contribution in [0.4, 0.5) is 6.01 Å². The average molecular weight is 240 g/mol. The summed E-state index contributed by atoms with van der Waals surface area (Å²) in [6, 6.07) is 1.31. The molecular formula is C12H24N4O. The second-order valence-electron chi connectivity index (χ2n) is 4.94. The Morgan fingerprint density at radius 3 is 2.41 bits per heavy atom. The monoisotopic (exact) mass is 240 g/mol. The highest BCUT2D eigenvalue weighted by Crippen LogP contribution is 2.13. The molecule has 0 saturated carbocycles. The molecule has 0 aliphatic heterocycles. The maximum absolute atomic E-state index is 5.52. The van der Waals surface area contributed by atoms with Crippen molar-refractivity contribution < 1.29 is 4.42 Å². The smallest absolute Gasteiger partial charge is 0.315 e. The van der Waals surface area contributed by atoms with E-state index < -0.39 is 0 Å². The SMILES string of the molecule is CCC(Nc1nnc(CNC(C)C)o1)C(C)C. The first-order valence-corrected chi connectivity index (χ1v) is 6.35. The van der Waals surface area contributed by atoms with Crippen molar-refractivity contribution in [3.05, 3.63) is 5.89 Å². The predicted molar refractivity (Wildman–Crippen MR) is 68.8 cm³/mol. The van der Waals surface area contributed by atoms with Crippen LogP contribution in [-0.2, 0) is 6.54 Å². The zero-order chi connectivity index (χ0) is 12.8. The zero-order valence-electron chi connectivity index (χ0n) is 11.4. The van der Waals surface area contributed by atoms with Gasteiger partial charge in [0.15, 0.2) is 0 Å². The van der Waals surface area contributed by atoms with E-state index in [4.69, 9.17) is 4.42 Å². The number of hydrogen-bond acceptors (Lipinski definition) is 5. The number of anilines is 1. The van der Waals surface area contributed by atoms with Crippen LogP contribution < -0.4 is 10.6 Å². The van der Waals surface area contributed by atoms with Crippen molar-refractivity contribution >= 4 is 6.01 Å². The fraction of sp³-hybridized carbons (Fsp3) is 0.833. The van der Waals surface area contributed by atoms with E-state index in [1.807, 2.05) is 0 Å². The third-order valence-electron chi connectivity index (χ3n) is 2.68. The predicted octanol–water partition coefficient (Wildman–Crippen LogP) is 2.41. The van der Waals surface area contributed by atoms with Gasteiger partial charge in [-0.1, -0.05) is 39.7 Å². The van der Waals surface area contributed by atoms with Gasteiger partial charge in [-0.25, -0.2) is 0 Å². The third-order valence-corrected chi connectivity index (χ3v) is 2.68. The lowest BCUT2D eigenvalue weighted by molar-refractivity contribution is 0.441. The molecule has 2 N–H and O–H groups in total. The summed E-state index contributed by atoms with van der Waals surface area (Å²) >= 11 is 0. The molecule has 0 radical (unpaired) electrons. The molecule has 0 spiro atoms. The van der Waals surface area contributed by atoms with E-state index in [-0.39, 0.29) is 0 Å². The van der Waals surface area contributed by atoms with Crippen LogP contribution in [0.15, 0.2) is 4.42 Å². The van der Waals surface area contributed by atoms with Gasteiger partial charge in [-0.15, -0.1) is 5.10 Å². The molecule has 5 nitrogen and oxygen atoms in total. The maximum Gasteiger partial charge on any atom is 0.315 e. The molecule has 1 rings (SSSR count). The van der Waals surface area contributed by atoms with Gasteiger partial charge < -0.3 is 15.1 Å². The highest BCUT2D eigenvalue weighted by molar-refractivity contribution is 5.19. The van der Waals surface area contributed by atoms with Crippen LogP contribution in [0.2, 0.25) is 0 Å². The molecule has 0 amide bonds. The van der Waals surface area contributed by atoms with Gasteiger partial charge >= 0.3 is 6.01 Å². The second kappa shape index (κ2) is 6.59. The van der Waals surface area contributed by atoms with Crippen LogP contribution in [0.3, 0.4) is 0 Å². The van der Waals surface area contributed by atoms with Crippen molar-refractivity contribution in [2.45, 2.75) is 59.7 Å². The molecule has 1 atom stereocenters. The van der Waals surface area contributed by atoms with Crippen molar-refractivity contribution in [1.29, 1.82) is 0 Å². The second-order valence-corrected chi connectivity index (χ2v) is 4.94. The summed E-state index contributed by atoms with van der Waals surface area (Å²) in [6.45, 7) is 11.3. The normalized spacial score (nSPS) is 13.4. The summed E-state index contributed by atoms with van der Waals surface area (Å²) in [4.78, 5) is 0. The molecule has 0 aromatic carbocycles. The van der Waals surface area contributed by atoms with Crippen LogP contribution in [0.25, 0.3) is 0 Å². The molecule has 5 heteroatoms. The van der Waals surface area contributed by atoms with Gasteiger partial charge in [0.1, 0.15) is 0 Å². The summed E-state index contributed by atoms with van der Waals surface area (Å²) in [5.74, 6) is 1.17. The standard InChI is InChI=1S/C12H24N4O/c1-6-10(8(2)3)14-12-16-15-11(17-12)7-13-9(4)5/h8-10,13H,6-7H2,1-5H3,(H,14,16). The number of rotatable bonds is 7. The van der Waals surface area contributed by atoms with Crippen molar-refractivity contribution in [3.63, 3.8) is 0 Å². The van der Waals surface area contributed by atoms with Gasteiger partial charge in [-0.2, -0.15) is 0 Å². The largest absolute Gasteiger partial charge is 0.407 e. The summed E-state index contributed by atoms with van der Waals surface area (Å²) in [7, 11) is 0. The lowest BCUT2D eigenvalue weighted by Gasteiger charge is -2.18. The van der Waals surface area contributed by atoms with E-state index in [1.165, 1.54) is 0 Å². The van der Waals surface area contributed by atoms with Gasteiger partial charge in [-0.05, 0) is 12.3 Å². The van der Waals surface area contributed by atoms with Gasteiger partial charge in [0.2, 0.25) is 5.89 Å². The molecule has 1 unspecified atom stereocenters. The first kappa shape index (κ1) is 14.0. The Balaban J connectivity index is 2.50. The highest BCUT2D eigenvalue weighted by atomic mass is 16.4. The minimum Gasteiger partial charge on any atom is -0.407 e. The molecule has 98 valence electrons. The van der Waals surface area contributed by atoms with Crippen LogP contribution in [0.5, 0.6) is 0 Å². The minimum absolute atomic E-state index is 0.376. The first-order valence-electron chi connectivity index (χ1n) is 6.35. The number of nitrogens with zero attached hydrogens (tertiary/aromatic N) is 2. The molecule has 1 heterocycles. The Labute approximate surface area is 103 Å². The molecule has 0 aliphatic carbocycles. The molecule has 1 aromatic rings. The Morgan fingerprint density at radius 1 is 1.18 bits per heavy atom. The van der Waals surface area contributed by atoms with Crippen LogP contribution in [0, 0.1) is 5.92 Å². The number of hydrogen-bond donors (Lipinski definition) is 2. The molecule has 0 aliphatic rings. The highest BCUT2D eigenvalue weighted by Gasteiger charge is 2.14. The number of aromatic nitrogens is 2. The van der Waals surface area contributed by atoms with E-state index in [9.17, 15) is 0 Å². The van der Waals surface area contributed by atoms with Gasteiger partial charge in [0.25, 0.3) is 0 Å². The van der Waals surface area contributed by atoms with E-state index in [1.54, 1.807) is 0 Å². The summed E-state index contributed by atoms with van der Waals surface area (Å²) < 4.78 is 5.52. The van der Waals surface area contributed by atoms with E-state index in [0.29, 0.717) is 36.5 Å². The molecular weight excluding hydrogens is 216 g/mol. The van der Waals surface area contributed by atoms with Crippen LogP contribution in [-0.4, -0.2) is 22.3 Å². The number of nitrogens with one attached hydrogen (secondary N) is 2. The molecule has 17 heavy (non-hydrogen) atoms. The minimum atomic E-state index is 0.376. The average Bonchev–Trinajstić information content (AvgIpc) is 2.70. The van der Waals surface area contributed by atoms with Crippen LogP contribution >= 0.6 is 0 Å². The summed E-state index contributed by atoms with van der Waals surface area (Å²) in [5, 5.41) is 14.5. The molecule has 1 aromatic heterocycles. The fourth-order valence-electron chi connectivity index (χ4n) is 1.57. The van der Waals surface area contributed by atoms with E-state index >= 15 is 0 Å². The van der Waals surface area contributed by atoms with Crippen molar-refractivity contribution in [2.24, 2.45) is 5.92 Å². The Bertz CT molecular complexity index is 322. The summed E-state index contributed by atoms with van der Waals surface area (Å²) in [5.41, 5.74) is 0. The molecule has 0 bridgehead atoms. The molecule has 0 fully saturated rings. The first-order chi connectivity index (χ1) is 8.02.